The van der Waals surface area contributed by atoms with Gasteiger partial charge in [0.1, 0.15) is 5.82 Å². The molecule has 0 saturated heterocycles. The van der Waals surface area contributed by atoms with Gasteiger partial charge < -0.3 is 29.2 Å². The Morgan fingerprint density at radius 1 is 0.951 bits per heavy atom. The van der Waals surface area contributed by atoms with E-state index in [4.69, 9.17) is 14.6 Å². The number of fused-ring (bicyclic) bond motifs is 4. The number of rotatable bonds is 4. The Morgan fingerprint density at radius 3 is 2.51 bits per heavy atom. The zero-order valence-electron chi connectivity index (χ0n) is 23.1. The zero-order valence-corrected chi connectivity index (χ0v) is 23.1. The molecule has 0 bridgehead atoms. The SMILES string of the molecule is Cc1nn(-c2ccccc2)c2c1CN(C(=O)Nc1ccc3c(c1)OCO3)[C@H](c1ccc(N(C)C)cc1)c1cccn1-2. The second-order valence-corrected chi connectivity index (χ2v) is 10.5. The van der Waals surface area contributed by atoms with Gasteiger partial charge in [-0.2, -0.15) is 5.10 Å². The number of aryl methyl sites for hydroxylation is 1. The fourth-order valence-corrected chi connectivity index (χ4v) is 5.62. The average Bonchev–Trinajstić information content (AvgIpc) is 3.70. The molecule has 3 aromatic carbocycles. The first kappa shape index (κ1) is 24.8. The molecule has 1 N–H and O–H groups in total. The van der Waals surface area contributed by atoms with Gasteiger partial charge in [0.05, 0.1) is 29.7 Å². The van der Waals surface area contributed by atoms with Gasteiger partial charge in [-0.05, 0) is 61.0 Å². The number of urea groups is 1. The van der Waals surface area contributed by atoms with Crippen LogP contribution in [0.15, 0.2) is 91.1 Å². The van der Waals surface area contributed by atoms with Gasteiger partial charge >= 0.3 is 6.03 Å². The summed E-state index contributed by atoms with van der Waals surface area (Å²) >= 11 is 0. The number of nitrogens with zero attached hydrogens (tertiary/aromatic N) is 5. The van der Waals surface area contributed by atoms with Crippen LogP contribution in [-0.4, -0.2) is 46.2 Å². The number of para-hydroxylation sites is 1. The third-order valence-corrected chi connectivity index (χ3v) is 7.70. The molecule has 0 radical (unpaired) electrons. The maximum Gasteiger partial charge on any atom is 0.322 e. The van der Waals surface area contributed by atoms with Crippen LogP contribution in [0.1, 0.15) is 28.6 Å². The third kappa shape index (κ3) is 4.26. The van der Waals surface area contributed by atoms with Crippen LogP contribution in [0.3, 0.4) is 0 Å². The molecule has 2 amide bonds. The Labute approximate surface area is 238 Å². The van der Waals surface area contributed by atoms with Crippen LogP contribution in [-0.2, 0) is 6.54 Å². The number of amides is 2. The van der Waals surface area contributed by atoms with E-state index in [1.807, 2.05) is 79.1 Å². The summed E-state index contributed by atoms with van der Waals surface area (Å²) in [7, 11) is 4.04. The molecule has 2 aliphatic heterocycles. The molecule has 7 rings (SSSR count). The Bertz CT molecular complexity index is 1740. The number of benzene rings is 3. The standard InChI is InChI=1S/C32H30N6O3/c1-21-26-19-37(32(39)33-23-13-16-28-29(18-23)41-20-40-28)30(22-11-14-24(15-12-22)35(2)3)27-10-7-17-36(27)31(26)38(34-21)25-8-5-4-6-9-25/h4-18,30H,19-20H2,1-3H3,(H,33,39)/t30-/m1/s1. The normalized spacial score (nSPS) is 15.2. The van der Waals surface area contributed by atoms with Crippen LogP contribution in [0, 0.1) is 6.92 Å². The minimum absolute atomic E-state index is 0.175. The van der Waals surface area contributed by atoms with Crippen LogP contribution in [0.25, 0.3) is 11.5 Å². The van der Waals surface area contributed by atoms with E-state index in [1.165, 1.54) is 0 Å². The van der Waals surface area contributed by atoms with E-state index in [9.17, 15) is 4.79 Å². The highest BCUT2D eigenvalue weighted by Gasteiger charge is 2.36. The lowest BCUT2D eigenvalue weighted by molar-refractivity contribution is 0.174. The zero-order chi connectivity index (χ0) is 28.1. The summed E-state index contributed by atoms with van der Waals surface area (Å²) in [6, 6.07) is 27.4. The number of ether oxygens (including phenoxy) is 2. The van der Waals surface area contributed by atoms with Crippen LogP contribution in [0.5, 0.6) is 11.5 Å². The van der Waals surface area contributed by atoms with E-state index in [2.05, 4.69) is 51.3 Å². The molecule has 0 fully saturated rings. The lowest BCUT2D eigenvalue weighted by Crippen LogP contribution is -2.38. The lowest BCUT2D eigenvalue weighted by Gasteiger charge is -2.31. The number of nitrogens with one attached hydrogen (secondary N) is 1. The fourth-order valence-electron chi connectivity index (χ4n) is 5.62. The summed E-state index contributed by atoms with van der Waals surface area (Å²) < 4.78 is 15.1. The predicted molar refractivity (Wildman–Crippen MR) is 157 cm³/mol. The van der Waals surface area contributed by atoms with Gasteiger partial charge in [-0.15, -0.1) is 0 Å². The summed E-state index contributed by atoms with van der Waals surface area (Å²) in [5.74, 6) is 2.22. The Kier molecular flexibility index (Phi) is 5.92. The van der Waals surface area contributed by atoms with Gasteiger partial charge in [0, 0.05) is 43.3 Å². The molecule has 0 aliphatic carbocycles. The molecule has 1 atom stereocenters. The first-order valence-corrected chi connectivity index (χ1v) is 13.5. The Morgan fingerprint density at radius 2 is 1.73 bits per heavy atom. The highest BCUT2D eigenvalue weighted by molar-refractivity contribution is 5.90. The maximum absolute atomic E-state index is 14.2. The predicted octanol–water partition coefficient (Wildman–Crippen LogP) is 5.90. The summed E-state index contributed by atoms with van der Waals surface area (Å²) in [4.78, 5) is 18.2. The number of hydrogen-bond acceptors (Lipinski definition) is 5. The smallest absolute Gasteiger partial charge is 0.322 e. The van der Waals surface area contributed by atoms with Crippen molar-refractivity contribution in [3.63, 3.8) is 0 Å². The topological polar surface area (TPSA) is 76.8 Å². The summed E-state index contributed by atoms with van der Waals surface area (Å²) in [6.45, 7) is 2.54. The van der Waals surface area contributed by atoms with Gasteiger partial charge in [-0.3, -0.25) is 0 Å². The summed E-state index contributed by atoms with van der Waals surface area (Å²) in [6.07, 6.45) is 2.05. The van der Waals surface area contributed by atoms with Crippen LogP contribution in [0.2, 0.25) is 0 Å². The molecule has 2 aromatic heterocycles. The lowest BCUT2D eigenvalue weighted by atomic mass is 10.0. The first-order chi connectivity index (χ1) is 20.0. The van der Waals surface area contributed by atoms with Crippen molar-refractivity contribution in [1.82, 2.24) is 19.2 Å². The molecule has 9 nitrogen and oxygen atoms in total. The first-order valence-electron chi connectivity index (χ1n) is 13.5. The number of carbonyl (C=O) groups excluding carboxylic acids is 1. The highest BCUT2D eigenvalue weighted by atomic mass is 16.7. The minimum atomic E-state index is -0.355. The van der Waals surface area contributed by atoms with Crippen LogP contribution >= 0.6 is 0 Å². The molecule has 9 heteroatoms. The van der Waals surface area contributed by atoms with E-state index in [-0.39, 0.29) is 18.9 Å². The van der Waals surface area contributed by atoms with Crippen molar-refractivity contribution in [3.05, 3.63) is 114 Å². The molecule has 4 heterocycles. The van der Waals surface area contributed by atoms with Crippen molar-refractivity contribution in [3.8, 4) is 23.0 Å². The fraction of sp³-hybridized carbons (Fsp3) is 0.188. The monoisotopic (exact) mass is 546 g/mol. The Balaban J connectivity index is 1.37. The molecule has 206 valence electrons. The summed E-state index contributed by atoms with van der Waals surface area (Å²) in [5, 5.41) is 8.05. The van der Waals surface area contributed by atoms with Crippen molar-refractivity contribution in [2.75, 3.05) is 31.1 Å². The van der Waals surface area contributed by atoms with E-state index < -0.39 is 0 Å². The number of hydrogen-bond donors (Lipinski definition) is 1. The van der Waals surface area contributed by atoms with Gasteiger partial charge in [-0.1, -0.05) is 30.3 Å². The third-order valence-electron chi connectivity index (χ3n) is 7.70. The van der Waals surface area contributed by atoms with E-state index >= 15 is 0 Å². The van der Waals surface area contributed by atoms with Crippen molar-refractivity contribution in [1.29, 1.82) is 0 Å². The van der Waals surface area contributed by atoms with E-state index in [0.717, 1.165) is 39.7 Å². The molecule has 5 aromatic rings. The second-order valence-electron chi connectivity index (χ2n) is 10.5. The molecular weight excluding hydrogens is 516 g/mol. The van der Waals surface area contributed by atoms with Crippen LogP contribution < -0.4 is 19.7 Å². The van der Waals surface area contributed by atoms with Gasteiger partial charge in [0.25, 0.3) is 0 Å². The maximum atomic E-state index is 14.2. The van der Waals surface area contributed by atoms with E-state index in [0.29, 0.717) is 23.7 Å². The van der Waals surface area contributed by atoms with Crippen molar-refractivity contribution in [2.45, 2.75) is 19.5 Å². The quantitative estimate of drug-likeness (QED) is 0.304. The summed E-state index contributed by atoms with van der Waals surface area (Å²) in [5.41, 5.74) is 6.53. The van der Waals surface area contributed by atoms with Gasteiger partial charge in [0.2, 0.25) is 6.79 Å². The van der Waals surface area contributed by atoms with E-state index in [1.54, 1.807) is 6.07 Å². The molecule has 0 saturated carbocycles. The van der Waals surface area contributed by atoms with Crippen molar-refractivity contribution >= 4 is 17.4 Å². The number of aromatic nitrogens is 3. The van der Waals surface area contributed by atoms with Gasteiger partial charge in [-0.25, -0.2) is 9.48 Å². The highest BCUT2D eigenvalue weighted by Crippen LogP contribution is 2.40. The second kappa shape index (κ2) is 9.78. The molecule has 41 heavy (non-hydrogen) atoms. The molecule has 0 unspecified atom stereocenters. The minimum Gasteiger partial charge on any atom is -0.454 e. The van der Waals surface area contributed by atoms with Crippen LogP contribution in [0.4, 0.5) is 16.2 Å². The molecular formula is C32H30N6O3. The van der Waals surface area contributed by atoms with Gasteiger partial charge in [0.15, 0.2) is 11.5 Å². The van der Waals surface area contributed by atoms with Crippen molar-refractivity contribution in [2.24, 2.45) is 0 Å². The number of carbonyl (C=O) groups is 1. The molecule has 0 spiro atoms. The average molecular weight is 547 g/mol. The largest absolute Gasteiger partial charge is 0.454 e. The Hall–Kier alpha value is -5.18. The molecule has 2 aliphatic rings. The van der Waals surface area contributed by atoms with Crippen molar-refractivity contribution < 1.29 is 14.3 Å². The number of anilines is 2.